The molecule has 1 N–H and O–H groups in total. The van der Waals surface area contributed by atoms with E-state index in [1.165, 1.54) is 0 Å². The summed E-state index contributed by atoms with van der Waals surface area (Å²) in [6.45, 7) is 7.76. The first-order chi connectivity index (χ1) is 13.2. The smallest absolute Gasteiger partial charge is 0.232 e. The Morgan fingerprint density at radius 3 is 2.75 bits per heavy atom. The van der Waals surface area contributed by atoms with Crippen molar-refractivity contribution in [1.29, 1.82) is 0 Å². The number of anilines is 1. The zero-order valence-electron chi connectivity index (χ0n) is 16.1. The lowest BCUT2D eigenvalue weighted by atomic mass is 10.3. The average molecular weight is 565 g/mol. The molecule has 1 saturated heterocycles. The molecule has 1 fully saturated rings. The van der Waals surface area contributed by atoms with E-state index in [9.17, 15) is 0 Å². The van der Waals surface area contributed by atoms with E-state index in [4.69, 9.17) is 9.73 Å². The summed E-state index contributed by atoms with van der Waals surface area (Å²) >= 11 is 3.39. The van der Waals surface area contributed by atoms with Crippen molar-refractivity contribution >= 4 is 51.8 Å². The van der Waals surface area contributed by atoms with Crippen molar-refractivity contribution in [2.24, 2.45) is 4.99 Å². The summed E-state index contributed by atoms with van der Waals surface area (Å²) < 4.78 is 7.92. The molecule has 9 nitrogen and oxygen atoms in total. The van der Waals surface area contributed by atoms with Gasteiger partial charge in [0.2, 0.25) is 11.8 Å². The molecule has 2 aromatic rings. The maximum atomic E-state index is 5.27. The SMILES string of the molecule is CCNC(=NCCn1cccn1)N1CCN(c2ncc(Br)c(OC)n2)CC1.I. The molecular weight excluding hydrogens is 539 g/mol. The van der Waals surface area contributed by atoms with Crippen LogP contribution in [-0.4, -0.2) is 77.0 Å². The van der Waals surface area contributed by atoms with Crippen LogP contribution < -0.4 is 15.0 Å². The molecular formula is C17H26BrIN8O. The van der Waals surface area contributed by atoms with Gasteiger partial charge < -0.3 is 19.9 Å². The van der Waals surface area contributed by atoms with Gasteiger partial charge >= 0.3 is 0 Å². The van der Waals surface area contributed by atoms with Gasteiger partial charge in [-0.1, -0.05) is 0 Å². The van der Waals surface area contributed by atoms with E-state index in [0.29, 0.717) is 18.4 Å². The topological polar surface area (TPSA) is 83.7 Å². The van der Waals surface area contributed by atoms with E-state index >= 15 is 0 Å². The fourth-order valence-corrected chi connectivity index (χ4v) is 3.23. The first-order valence-electron chi connectivity index (χ1n) is 9.03. The lowest BCUT2D eigenvalue weighted by Gasteiger charge is -2.36. The Balaban J connectivity index is 0.00000280. The third-order valence-corrected chi connectivity index (χ3v) is 4.78. The Hall–Kier alpha value is -1.63. The van der Waals surface area contributed by atoms with E-state index in [1.807, 2.05) is 16.9 Å². The van der Waals surface area contributed by atoms with E-state index in [1.54, 1.807) is 19.5 Å². The number of aliphatic imine (C=N–C) groups is 1. The molecule has 0 spiro atoms. The van der Waals surface area contributed by atoms with Crippen molar-refractivity contribution in [1.82, 2.24) is 30.0 Å². The van der Waals surface area contributed by atoms with Crippen LogP contribution in [0.5, 0.6) is 5.88 Å². The highest BCUT2D eigenvalue weighted by atomic mass is 127. The maximum absolute atomic E-state index is 5.27. The van der Waals surface area contributed by atoms with Crippen LogP contribution in [0.2, 0.25) is 0 Å². The molecule has 0 saturated carbocycles. The van der Waals surface area contributed by atoms with Gasteiger partial charge in [-0.25, -0.2) is 4.98 Å². The molecule has 1 aliphatic heterocycles. The number of halogens is 2. The van der Waals surface area contributed by atoms with E-state index in [2.05, 4.69) is 53.0 Å². The highest BCUT2D eigenvalue weighted by Gasteiger charge is 2.22. The van der Waals surface area contributed by atoms with Crippen LogP contribution in [-0.2, 0) is 6.54 Å². The average Bonchev–Trinajstić information content (AvgIpc) is 3.21. The Kier molecular flexibility index (Phi) is 9.22. The predicted molar refractivity (Wildman–Crippen MR) is 124 cm³/mol. The third kappa shape index (κ3) is 5.93. The summed E-state index contributed by atoms with van der Waals surface area (Å²) in [6, 6.07) is 1.92. The van der Waals surface area contributed by atoms with Crippen molar-refractivity contribution in [3.8, 4) is 5.88 Å². The molecule has 0 amide bonds. The molecule has 0 radical (unpaired) electrons. The fourth-order valence-electron chi connectivity index (χ4n) is 2.87. The molecule has 0 aliphatic carbocycles. The van der Waals surface area contributed by atoms with Crippen molar-refractivity contribution < 1.29 is 4.74 Å². The number of nitrogens with zero attached hydrogens (tertiary/aromatic N) is 7. The van der Waals surface area contributed by atoms with Crippen LogP contribution in [0, 0.1) is 0 Å². The molecule has 0 aromatic carbocycles. The van der Waals surface area contributed by atoms with Gasteiger partial charge in [-0.05, 0) is 28.9 Å². The number of ether oxygens (including phenoxy) is 1. The highest BCUT2D eigenvalue weighted by Crippen LogP contribution is 2.23. The highest BCUT2D eigenvalue weighted by molar-refractivity contribution is 14.0. The molecule has 1 aliphatic rings. The van der Waals surface area contributed by atoms with Crippen LogP contribution in [0.25, 0.3) is 0 Å². The van der Waals surface area contributed by atoms with Crippen LogP contribution in [0.15, 0.2) is 34.1 Å². The molecule has 3 rings (SSSR count). The van der Waals surface area contributed by atoms with Crippen molar-refractivity contribution in [2.75, 3.05) is 51.3 Å². The summed E-state index contributed by atoms with van der Waals surface area (Å²) in [5, 5.41) is 7.60. The van der Waals surface area contributed by atoms with Gasteiger partial charge in [0, 0.05) is 45.1 Å². The van der Waals surface area contributed by atoms with Gasteiger partial charge in [0.1, 0.15) is 0 Å². The molecule has 0 atom stereocenters. The Bertz CT molecular complexity index is 750. The molecule has 2 aromatic heterocycles. The third-order valence-electron chi connectivity index (χ3n) is 4.24. The minimum Gasteiger partial charge on any atom is -0.480 e. The van der Waals surface area contributed by atoms with Gasteiger partial charge in [0.05, 0.1) is 30.9 Å². The summed E-state index contributed by atoms with van der Waals surface area (Å²) in [4.78, 5) is 18.1. The molecule has 11 heteroatoms. The number of rotatable bonds is 6. The lowest BCUT2D eigenvalue weighted by Crippen LogP contribution is -2.53. The Labute approximate surface area is 190 Å². The van der Waals surface area contributed by atoms with Gasteiger partial charge in [-0.15, -0.1) is 24.0 Å². The summed E-state index contributed by atoms with van der Waals surface area (Å²) in [5.74, 6) is 2.19. The number of nitrogens with one attached hydrogen (secondary N) is 1. The lowest BCUT2D eigenvalue weighted by molar-refractivity contribution is 0.366. The molecule has 3 heterocycles. The normalized spacial score (nSPS) is 14.6. The molecule has 0 bridgehead atoms. The molecule has 154 valence electrons. The Morgan fingerprint density at radius 1 is 1.32 bits per heavy atom. The number of hydrogen-bond acceptors (Lipinski definition) is 6. The number of hydrogen-bond donors (Lipinski definition) is 1. The van der Waals surface area contributed by atoms with Gasteiger partial charge in [-0.2, -0.15) is 10.1 Å². The molecule has 0 unspecified atom stereocenters. The van der Waals surface area contributed by atoms with Crippen LogP contribution in [0.1, 0.15) is 6.92 Å². The van der Waals surface area contributed by atoms with Gasteiger partial charge in [0.15, 0.2) is 5.96 Å². The Morgan fingerprint density at radius 2 is 2.11 bits per heavy atom. The van der Waals surface area contributed by atoms with Crippen LogP contribution in [0.3, 0.4) is 0 Å². The zero-order valence-corrected chi connectivity index (χ0v) is 20.0. The maximum Gasteiger partial charge on any atom is 0.232 e. The first-order valence-corrected chi connectivity index (χ1v) is 9.82. The number of methoxy groups -OCH3 is 1. The molecule has 28 heavy (non-hydrogen) atoms. The number of aromatic nitrogens is 4. The van der Waals surface area contributed by atoms with Crippen LogP contribution in [0.4, 0.5) is 5.95 Å². The van der Waals surface area contributed by atoms with Crippen molar-refractivity contribution in [2.45, 2.75) is 13.5 Å². The minimum atomic E-state index is 0. The zero-order chi connectivity index (χ0) is 19.1. The van der Waals surface area contributed by atoms with E-state index in [0.717, 1.165) is 49.7 Å². The van der Waals surface area contributed by atoms with Crippen molar-refractivity contribution in [3.63, 3.8) is 0 Å². The first kappa shape index (κ1) is 22.7. The quantitative estimate of drug-likeness (QED) is 0.326. The second kappa shape index (κ2) is 11.4. The number of piperazine rings is 1. The second-order valence-electron chi connectivity index (χ2n) is 6.01. The fraction of sp³-hybridized carbons (Fsp3) is 0.529. The van der Waals surface area contributed by atoms with Crippen molar-refractivity contribution in [3.05, 3.63) is 29.1 Å². The summed E-state index contributed by atoms with van der Waals surface area (Å²) in [7, 11) is 1.61. The predicted octanol–water partition coefficient (Wildman–Crippen LogP) is 1.85. The minimum absolute atomic E-state index is 0. The van der Waals surface area contributed by atoms with Gasteiger partial charge in [0.25, 0.3) is 0 Å². The second-order valence-corrected chi connectivity index (χ2v) is 6.86. The monoisotopic (exact) mass is 564 g/mol. The summed E-state index contributed by atoms with van der Waals surface area (Å²) in [5.41, 5.74) is 0. The van der Waals surface area contributed by atoms with E-state index in [-0.39, 0.29) is 24.0 Å². The summed E-state index contributed by atoms with van der Waals surface area (Å²) in [6.07, 6.45) is 5.47. The van der Waals surface area contributed by atoms with E-state index < -0.39 is 0 Å². The van der Waals surface area contributed by atoms with Gasteiger partial charge in [-0.3, -0.25) is 9.67 Å². The largest absolute Gasteiger partial charge is 0.480 e. The number of guanidine groups is 1. The standard InChI is InChI=1S/C17H25BrN8O.HI/c1-3-19-16(20-6-8-26-7-4-5-22-26)24-9-11-25(12-10-24)17-21-13-14(18)15(23-17)27-2;/h4-5,7,13H,3,6,8-12H2,1-2H3,(H,19,20);1H. The van der Waals surface area contributed by atoms with Crippen LogP contribution >= 0.6 is 39.9 Å².